The number of hydrogen-bond acceptors (Lipinski definition) is 10. The Morgan fingerprint density at radius 2 is 0.756 bits per heavy atom. The van der Waals surface area contributed by atoms with Crippen molar-refractivity contribution in [2.45, 2.75) is 12.8 Å². The fourth-order valence-electron chi connectivity index (χ4n) is 4.05. The zero-order valence-electron chi connectivity index (χ0n) is 24.4. The van der Waals surface area contributed by atoms with Crippen LogP contribution in [-0.2, 0) is 0 Å². The van der Waals surface area contributed by atoms with Gasteiger partial charge in [0.15, 0.2) is 23.1 Å². The maximum absolute atomic E-state index is 12.1. The fraction of sp³-hybridized carbons (Fsp3) is 0.118. The van der Waals surface area contributed by atoms with Gasteiger partial charge in [0.1, 0.15) is 11.5 Å². The van der Waals surface area contributed by atoms with Crippen LogP contribution in [0.15, 0.2) is 97.1 Å². The number of ketones is 4. The van der Waals surface area contributed by atoms with Gasteiger partial charge in [0.2, 0.25) is 0 Å². The number of benzene rings is 4. The zero-order chi connectivity index (χ0) is 32.2. The third-order valence-electron chi connectivity index (χ3n) is 6.36. The van der Waals surface area contributed by atoms with E-state index in [4.69, 9.17) is 9.47 Å². The minimum atomic E-state index is -1.44. The van der Waals surface area contributed by atoms with Crippen LogP contribution in [-0.4, -0.2) is 72.3 Å². The maximum Gasteiger partial charge on any atom is 2.00 e. The summed E-state index contributed by atoms with van der Waals surface area (Å²) in [7, 11) is 3.02. The number of carboxylic acids is 2. The van der Waals surface area contributed by atoms with E-state index < -0.39 is 36.3 Å². The molecule has 0 spiro atoms. The molecular formula is C34H26MgO10. The third-order valence-corrected chi connectivity index (χ3v) is 6.36. The molecule has 0 aromatic heterocycles. The molecule has 0 fully saturated rings. The Morgan fingerprint density at radius 1 is 0.467 bits per heavy atom. The molecule has 224 valence electrons. The SMILES string of the molecule is COc1ccc(C(=O)CC(=O)c2ccccc2C(=O)[O-])cc1.COc1ccc(C(=O)CC(=O)c2ccccc2C(=O)[O-])cc1.[Mg+2]. The number of Topliss-reactive ketones (excluding diaryl/α,β-unsaturated/α-hetero) is 4. The van der Waals surface area contributed by atoms with Gasteiger partial charge in [-0.05, 0) is 48.5 Å². The van der Waals surface area contributed by atoms with Gasteiger partial charge in [0.05, 0.1) is 39.0 Å². The number of aromatic carboxylic acids is 2. The molecule has 11 heteroatoms. The molecule has 4 aromatic carbocycles. The van der Waals surface area contributed by atoms with Crippen molar-refractivity contribution < 1.29 is 48.5 Å². The predicted molar refractivity (Wildman–Crippen MR) is 160 cm³/mol. The fourth-order valence-corrected chi connectivity index (χ4v) is 4.05. The first-order chi connectivity index (χ1) is 21.0. The summed E-state index contributed by atoms with van der Waals surface area (Å²) in [4.78, 5) is 70.4. The van der Waals surface area contributed by atoms with Gasteiger partial charge in [-0.15, -0.1) is 0 Å². The van der Waals surface area contributed by atoms with E-state index in [-0.39, 0.29) is 56.9 Å². The molecule has 0 N–H and O–H groups in total. The maximum atomic E-state index is 12.1. The van der Waals surface area contributed by atoms with Crippen LogP contribution in [0.3, 0.4) is 0 Å². The largest absolute Gasteiger partial charge is 2.00 e. The molecule has 0 atom stereocenters. The molecule has 4 rings (SSSR count). The second kappa shape index (κ2) is 17.2. The smallest absolute Gasteiger partial charge is 0.545 e. The molecule has 0 saturated heterocycles. The van der Waals surface area contributed by atoms with Gasteiger partial charge in [0.25, 0.3) is 0 Å². The minimum absolute atomic E-state index is 0. The van der Waals surface area contributed by atoms with Gasteiger partial charge in [-0.1, -0.05) is 48.5 Å². The average Bonchev–Trinajstić information content (AvgIpc) is 3.04. The number of ether oxygens (including phenoxy) is 2. The summed E-state index contributed by atoms with van der Waals surface area (Å²) in [5.74, 6) is -3.57. The third kappa shape index (κ3) is 9.95. The Bertz CT molecular complexity index is 1570. The van der Waals surface area contributed by atoms with Gasteiger partial charge in [-0.2, -0.15) is 0 Å². The summed E-state index contributed by atoms with van der Waals surface area (Å²) in [5.41, 5.74) is 0.249. The molecule has 0 aliphatic carbocycles. The molecule has 0 unspecified atom stereocenters. The topological polar surface area (TPSA) is 167 Å². The summed E-state index contributed by atoms with van der Waals surface area (Å²) >= 11 is 0. The monoisotopic (exact) mass is 618 g/mol. The van der Waals surface area contributed by atoms with Crippen LogP contribution in [0, 0.1) is 0 Å². The molecule has 0 heterocycles. The summed E-state index contributed by atoms with van der Waals surface area (Å²) in [6, 6.07) is 24.1. The van der Waals surface area contributed by atoms with Crippen molar-refractivity contribution in [2.24, 2.45) is 0 Å². The van der Waals surface area contributed by atoms with E-state index >= 15 is 0 Å². The van der Waals surface area contributed by atoms with Crippen LogP contribution < -0.4 is 19.7 Å². The summed E-state index contributed by atoms with van der Waals surface area (Å²) < 4.78 is 9.98. The minimum Gasteiger partial charge on any atom is -0.545 e. The number of carbonyl (C=O) groups is 6. The Hall–Kier alpha value is -5.13. The molecule has 45 heavy (non-hydrogen) atoms. The van der Waals surface area contributed by atoms with Crippen LogP contribution in [0.25, 0.3) is 0 Å². The van der Waals surface area contributed by atoms with Crippen LogP contribution in [0.2, 0.25) is 0 Å². The van der Waals surface area contributed by atoms with Crippen molar-refractivity contribution in [3.8, 4) is 11.5 Å². The predicted octanol–water partition coefficient (Wildman–Crippen LogP) is 2.65. The number of carboxylic acid groups (broad SMARTS) is 2. The number of rotatable bonds is 12. The second-order valence-corrected chi connectivity index (χ2v) is 9.17. The van der Waals surface area contributed by atoms with Crippen LogP contribution in [0.5, 0.6) is 11.5 Å². The molecule has 10 nitrogen and oxygen atoms in total. The quantitative estimate of drug-likeness (QED) is 0.131. The van der Waals surface area contributed by atoms with Crippen molar-refractivity contribution in [2.75, 3.05) is 14.2 Å². The van der Waals surface area contributed by atoms with E-state index in [1.165, 1.54) is 62.8 Å². The standard InChI is InChI=1S/2C17H14O5.Mg/c2*1-22-12-8-6-11(7-9-12)15(18)10-16(19)13-4-2-3-5-14(13)17(20)21;/h2*2-9H,10H2,1H3,(H,20,21);/q;;+2/p-2. The van der Waals surface area contributed by atoms with Crippen molar-refractivity contribution >= 4 is 58.1 Å². The summed E-state index contributed by atoms with van der Waals surface area (Å²) in [6.07, 6.45) is -0.812. The molecule has 0 bridgehead atoms. The van der Waals surface area contributed by atoms with Crippen LogP contribution in [0.4, 0.5) is 0 Å². The molecule has 4 aromatic rings. The summed E-state index contributed by atoms with van der Waals surface area (Å²) in [6.45, 7) is 0. The van der Waals surface area contributed by atoms with Gasteiger partial charge in [-0.3, -0.25) is 19.2 Å². The molecule has 0 radical (unpaired) electrons. The molecular weight excluding hydrogens is 593 g/mol. The van der Waals surface area contributed by atoms with E-state index in [0.717, 1.165) is 0 Å². The van der Waals surface area contributed by atoms with Gasteiger partial charge >= 0.3 is 23.1 Å². The molecule has 0 aliphatic rings. The van der Waals surface area contributed by atoms with E-state index in [1.807, 2.05) is 0 Å². The number of carbonyl (C=O) groups excluding carboxylic acids is 6. The van der Waals surface area contributed by atoms with Crippen molar-refractivity contribution in [3.63, 3.8) is 0 Å². The van der Waals surface area contributed by atoms with Gasteiger partial charge < -0.3 is 29.3 Å². The zero-order valence-corrected chi connectivity index (χ0v) is 25.9. The Balaban J connectivity index is 0.000000307. The van der Waals surface area contributed by atoms with E-state index in [9.17, 15) is 39.0 Å². The Kier molecular flexibility index (Phi) is 13.8. The Labute approximate surface area is 274 Å². The van der Waals surface area contributed by atoms with Crippen molar-refractivity contribution in [1.29, 1.82) is 0 Å². The first-order valence-corrected chi connectivity index (χ1v) is 13.1. The molecule has 0 saturated carbocycles. The number of methoxy groups -OCH3 is 2. The van der Waals surface area contributed by atoms with Gasteiger partial charge in [0, 0.05) is 33.4 Å². The van der Waals surface area contributed by atoms with E-state index in [1.54, 1.807) is 48.5 Å². The van der Waals surface area contributed by atoms with Gasteiger partial charge in [-0.25, -0.2) is 0 Å². The van der Waals surface area contributed by atoms with E-state index in [2.05, 4.69) is 0 Å². The average molecular weight is 619 g/mol. The summed E-state index contributed by atoms with van der Waals surface area (Å²) in [5, 5.41) is 22.0. The normalized spacial score (nSPS) is 9.82. The van der Waals surface area contributed by atoms with Crippen molar-refractivity contribution in [3.05, 3.63) is 130 Å². The first-order valence-electron chi connectivity index (χ1n) is 13.1. The van der Waals surface area contributed by atoms with Crippen molar-refractivity contribution in [1.82, 2.24) is 0 Å². The molecule has 0 amide bonds. The first kappa shape index (κ1) is 36.1. The molecule has 0 aliphatic heterocycles. The van der Waals surface area contributed by atoms with Crippen LogP contribution >= 0.6 is 0 Å². The van der Waals surface area contributed by atoms with E-state index in [0.29, 0.717) is 22.6 Å². The van der Waals surface area contributed by atoms with Crippen LogP contribution in [0.1, 0.15) is 75.0 Å². The second-order valence-electron chi connectivity index (χ2n) is 9.17. The Morgan fingerprint density at radius 3 is 1.02 bits per heavy atom. The number of hydrogen-bond donors (Lipinski definition) is 0.